The SMILES string of the molecule is CN1CN(c2cccc(N3C=CN(c4c(-c5ccccc5)cc(C(C)(C)C)cc4-c4ccccc4)C3)c2)c2ccccc21. The molecule has 0 N–H and O–H groups in total. The number of hydrogen-bond donors (Lipinski definition) is 0. The monoisotopic (exact) mass is 562 g/mol. The summed E-state index contributed by atoms with van der Waals surface area (Å²) in [5.74, 6) is 0. The zero-order valence-electron chi connectivity index (χ0n) is 25.4. The smallest absolute Gasteiger partial charge is 0.0989 e. The minimum Gasteiger partial charge on any atom is -0.355 e. The van der Waals surface area contributed by atoms with Gasteiger partial charge in [0.2, 0.25) is 0 Å². The molecular formula is C39H38N4. The third-order valence-electron chi connectivity index (χ3n) is 8.57. The van der Waals surface area contributed by atoms with Gasteiger partial charge < -0.3 is 19.6 Å². The fraction of sp³-hybridized carbons (Fsp3) is 0.179. The molecule has 5 aromatic rings. The minimum absolute atomic E-state index is 0.0151. The Morgan fingerprint density at radius 1 is 0.535 bits per heavy atom. The Morgan fingerprint density at radius 3 is 1.72 bits per heavy atom. The Bertz CT molecular complexity index is 1730. The molecule has 0 saturated heterocycles. The molecule has 0 saturated carbocycles. The Morgan fingerprint density at radius 2 is 1.09 bits per heavy atom. The maximum atomic E-state index is 2.41. The Labute approximate surface area is 255 Å². The molecule has 43 heavy (non-hydrogen) atoms. The molecule has 0 radical (unpaired) electrons. The first-order valence-corrected chi connectivity index (χ1v) is 15.1. The van der Waals surface area contributed by atoms with Crippen molar-refractivity contribution in [3.63, 3.8) is 0 Å². The molecule has 4 heteroatoms. The molecule has 0 aromatic heterocycles. The van der Waals surface area contributed by atoms with Crippen molar-refractivity contribution in [2.24, 2.45) is 0 Å². The van der Waals surface area contributed by atoms with Gasteiger partial charge in [0.1, 0.15) is 0 Å². The molecule has 7 rings (SSSR count). The number of hydrogen-bond acceptors (Lipinski definition) is 4. The minimum atomic E-state index is 0.0151. The van der Waals surface area contributed by atoms with Crippen LogP contribution in [0.25, 0.3) is 22.3 Å². The normalized spacial score (nSPS) is 14.5. The largest absolute Gasteiger partial charge is 0.355 e. The quantitative estimate of drug-likeness (QED) is 0.211. The summed E-state index contributed by atoms with van der Waals surface area (Å²) in [4.78, 5) is 9.44. The molecular weight excluding hydrogens is 524 g/mol. The van der Waals surface area contributed by atoms with Crippen molar-refractivity contribution < 1.29 is 0 Å². The first-order valence-electron chi connectivity index (χ1n) is 15.1. The number of anilines is 5. The second-order valence-electron chi connectivity index (χ2n) is 12.6. The van der Waals surface area contributed by atoms with Crippen LogP contribution in [0.1, 0.15) is 26.3 Å². The van der Waals surface area contributed by atoms with Crippen molar-refractivity contribution in [3.05, 3.63) is 139 Å². The first kappa shape index (κ1) is 26.9. The lowest BCUT2D eigenvalue weighted by atomic mass is 9.82. The van der Waals surface area contributed by atoms with E-state index in [9.17, 15) is 0 Å². The van der Waals surface area contributed by atoms with Crippen LogP contribution >= 0.6 is 0 Å². The Kier molecular flexibility index (Phi) is 6.70. The van der Waals surface area contributed by atoms with E-state index in [1.807, 2.05) is 0 Å². The summed E-state index contributed by atoms with van der Waals surface area (Å²) >= 11 is 0. The van der Waals surface area contributed by atoms with Crippen LogP contribution in [-0.4, -0.2) is 20.4 Å². The summed E-state index contributed by atoms with van der Waals surface area (Å²) in [6, 6.07) is 44.0. The van der Waals surface area contributed by atoms with Crippen LogP contribution in [0.3, 0.4) is 0 Å². The molecule has 5 aromatic carbocycles. The number of benzene rings is 5. The molecule has 0 amide bonds. The number of nitrogens with zero attached hydrogens (tertiary/aromatic N) is 4. The zero-order chi connectivity index (χ0) is 29.6. The van der Waals surface area contributed by atoms with Gasteiger partial charge in [0.15, 0.2) is 0 Å². The van der Waals surface area contributed by atoms with Crippen LogP contribution < -0.4 is 19.6 Å². The number of para-hydroxylation sites is 2. The van der Waals surface area contributed by atoms with Gasteiger partial charge >= 0.3 is 0 Å². The van der Waals surface area contributed by atoms with E-state index in [1.54, 1.807) is 0 Å². The van der Waals surface area contributed by atoms with Crippen molar-refractivity contribution >= 4 is 28.4 Å². The lowest BCUT2D eigenvalue weighted by molar-refractivity contribution is 0.590. The average Bonchev–Trinajstić information content (AvgIpc) is 3.66. The van der Waals surface area contributed by atoms with Gasteiger partial charge in [-0.25, -0.2) is 0 Å². The van der Waals surface area contributed by atoms with E-state index in [0.29, 0.717) is 0 Å². The van der Waals surface area contributed by atoms with Crippen LogP contribution in [-0.2, 0) is 5.41 Å². The highest BCUT2D eigenvalue weighted by Gasteiger charge is 2.27. The molecule has 0 fully saturated rings. The van der Waals surface area contributed by atoms with Gasteiger partial charge in [0.25, 0.3) is 0 Å². The Hall–Kier alpha value is -4.96. The van der Waals surface area contributed by atoms with E-state index in [1.165, 1.54) is 56.3 Å². The number of fused-ring (bicyclic) bond motifs is 1. The summed E-state index contributed by atoms with van der Waals surface area (Å²) in [6.45, 7) is 8.46. The standard InChI is InChI=1S/C39H38N4/c1-39(2,3)31-24-34(29-14-7-5-8-15-29)38(35(25-31)30-16-9-6-10-17-30)42-23-22-41(28-42)32-18-13-19-33(26-32)43-27-40(4)36-20-11-12-21-37(36)43/h5-26H,27-28H2,1-4H3. The highest BCUT2D eigenvalue weighted by Crippen LogP contribution is 2.45. The maximum absolute atomic E-state index is 2.41. The van der Waals surface area contributed by atoms with Crippen LogP contribution in [0.15, 0.2) is 134 Å². The number of rotatable bonds is 5. The summed E-state index contributed by atoms with van der Waals surface area (Å²) < 4.78 is 0. The van der Waals surface area contributed by atoms with Crippen LogP contribution in [0, 0.1) is 0 Å². The average molecular weight is 563 g/mol. The molecule has 2 aliphatic rings. The van der Waals surface area contributed by atoms with Gasteiger partial charge in [-0.2, -0.15) is 0 Å². The van der Waals surface area contributed by atoms with Gasteiger partial charge in [-0.3, -0.25) is 0 Å². The van der Waals surface area contributed by atoms with Gasteiger partial charge in [-0.1, -0.05) is 99.6 Å². The molecule has 0 unspecified atom stereocenters. The van der Waals surface area contributed by atoms with Crippen molar-refractivity contribution in [3.8, 4) is 22.3 Å². The second-order valence-corrected chi connectivity index (χ2v) is 12.6. The molecule has 0 aliphatic carbocycles. The molecule has 0 bridgehead atoms. The highest BCUT2D eigenvalue weighted by molar-refractivity contribution is 5.93. The fourth-order valence-electron chi connectivity index (χ4n) is 6.22. The summed E-state index contributed by atoms with van der Waals surface area (Å²) in [5.41, 5.74) is 12.4. The van der Waals surface area contributed by atoms with E-state index in [4.69, 9.17) is 0 Å². The van der Waals surface area contributed by atoms with Crippen molar-refractivity contribution in [1.29, 1.82) is 0 Å². The predicted molar refractivity (Wildman–Crippen MR) is 183 cm³/mol. The van der Waals surface area contributed by atoms with E-state index in [-0.39, 0.29) is 5.41 Å². The summed E-state index contributed by atoms with van der Waals surface area (Å²) in [5, 5.41) is 0. The van der Waals surface area contributed by atoms with Crippen molar-refractivity contribution in [1.82, 2.24) is 0 Å². The topological polar surface area (TPSA) is 13.0 Å². The van der Waals surface area contributed by atoms with E-state index < -0.39 is 0 Å². The molecule has 2 aliphatic heterocycles. The van der Waals surface area contributed by atoms with Crippen LogP contribution in [0.5, 0.6) is 0 Å². The van der Waals surface area contributed by atoms with Gasteiger partial charge in [-0.15, -0.1) is 0 Å². The van der Waals surface area contributed by atoms with Gasteiger partial charge in [0.05, 0.1) is 30.4 Å². The highest BCUT2D eigenvalue weighted by atomic mass is 15.4. The summed E-state index contributed by atoms with van der Waals surface area (Å²) in [6.07, 6.45) is 4.45. The maximum Gasteiger partial charge on any atom is 0.0989 e. The molecule has 0 spiro atoms. The molecule has 0 atom stereocenters. The van der Waals surface area contributed by atoms with Gasteiger partial charge in [-0.05, 0) is 64.6 Å². The zero-order valence-corrected chi connectivity index (χ0v) is 25.4. The molecule has 2 heterocycles. The second kappa shape index (κ2) is 10.7. The first-order chi connectivity index (χ1) is 20.9. The Balaban J connectivity index is 1.29. The lowest BCUT2D eigenvalue weighted by Crippen LogP contribution is -2.26. The lowest BCUT2D eigenvalue weighted by Gasteiger charge is -2.30. The van der Waals surface area contributed by atoms with Crippen molar-refractivity contribution in [2.75, 3.05) is 40.0 Å². The van der Waals surface area contributed by atoms with Crippen molar-refractivity contribution in [2.45, 2.75) is 26.2 Å². The fourth-order valence-corrected chi connectivity index (χ4v) is 6.22. The van der Waals surface area contributed by atoms with Crippen LogP contribution in [0.4, 0.5) is 28.4 Å². The van der Waals surface area contributed by atoms with Gasteiger partial charge in [0, 0.05) is 41.9 Å². The third kappa shape index (κ3) is 5.03. The molecule has 214 valence electrons. The van der Waals surface area contributed by atoms with E-state index in [0.717, 1.165) is 13.3 Å². The van der Waals surface area contributed by atoms with Crippen LogP contribution in [0.2, 0.25) is 0 Å². The van der Waals surface area contributed by atoms with E-state index >= 15 is 0 Å². The molecule has 4 nitrogen and oxygen atoms in total. The predicted octanol–water partition coefficient (Wildman–Crippen LogP) is 9.62. The third-order valence-corrected chi connectivity index (χ3v) is 8.57. The van der Waals surface area contributed by atoms with E-state index in [2.05, 4.69) is 181 Å². The summed E-state index contributed by atoms with van der Waals surface area (Å²) in [7, 11) is 2.16.